The average molecular weight is 369 g/mol. The van der Waals surface area contributed by atoms with E-state index < -0.39 is 12.0 Å². The van der Waals surface area contributed by atoms with Crippen molar-refractivity contribution in [3.63, 3.8) is 0 Å². The fourth-order valence-electron chi connectivity index (χ4n) is 3.33. The van der Waals surface area contributed by atoms with Gasteiger partial charge in [-0.25, -0.2) is 0 Å². The Hall–Kier alpha value is -3.02. The molecule has 3 rings (SSSR count). The first-order chi connectivity index (χ1) is 13.0. The molecule has 0 bridgehead atoms. The molecule has 1 aliphatic rings. The number of ether oxygens (including phenoxy) is 2. The number of carbonyl (C=O) groups excluding carboxylic acids is 1. The van der Waals surface area contributed by atoms with Crippen LogP contribution in [0.5, 0.6) is 11.5 Å². The number of rotatable bonds is 8. The van der Waals surface area contributed by atoms with Crippen LogP contribution in [-0.4, -0.2) is 35.6 Å². The summed E-state index contributed by atoms with van der Waals surface area (Å²) >= 11 is 0. The minimum Gasteiger partial charge on any atom is -0.493 e. The van der Waals surface area contributed by atoms with Gasteiger partial charge in [-0.3, -0.25) is 9.59 Å². The summed E-state index contributed by atoms with van der Waals surface area (Å²) in [5.41, 5.74) is 2.25. The van der Waals surface area contributed by atoms with Crippen LogP contribution in [0.3, 0.4) is 0 Å². The first kappa shape index (κ1) is 18.8. The minimum absolute atomic E-state index is 0.149. The smallest absolute Gasteiger partial charge is 0.305 e. The highest BCUT2D eigenvalue weighted by molar-refractivity contribution is 5.98. The van der Waals surface area contributed by atoms with E-state index in [1.807, 2.05) is 25.1 Å². The molecule has 6 nitrogen and oxygen atoms in total. The van der Waals surface area contributed by atoms with Crippen molar-refractivity contribution in [2.75, 3.05) is 13.7 Å². The molecule has 2 aromatic rings. The summed E-state index contributed by atoms with van der Waals surface area (Å²) in [4.78, 5) is 26.0. The quantitative estimate of drug-likeness (QED) is 0.769. The van der Waals surface area contributed by atoms with Gasteiger partial charge in [0.25, 0.3) is 5.91 Å². The molecule has 1 heterocycles. The number of fused-ring (bicyclic) bond motifs is 1. The van der Waals surface area contributed by atoms with Gasteiger partial charge in [0.15, 0.2) is 11.5 Å². The predicted octanol–water partition coefficient (Wildman–Crippen LogP) is 3.66. The normalized spacial score (nSPS) is 14.0. The van der Waals surface area contributed by atoms with Gasteiger partial charge in [-0.15, -0.1) is 0 Å². The Balaban J connectivity index is 1.96. The second-order valence-electron chi connectivity index (χ2n) is 6.46. The summed E-state index contributed by atoms with van der Waals surface area (Å²) in [6.45, 7) is 2.92. The van der Waals surface area contributed by atoms with E-state index in [1.165, 1.54) is 0 Å². The Kier molecular flexibility index (Phi) is 5.64. The van der Waals surface area contributed by atoms with E-state index >= 15 is 0 Å². The zero-order valence-corrected chi connectivity index (χ0v) is 15.5. The van der Waals surface area contributed by atoms with E-state index in [1.54, 1.807) is 36.3 Å². The van der Waals surface area contributed by atoms with E-state index in [4.69, 9.17) is 9.47 Å². The van der Waals surface area contributed by atoms with Crippen molar-refractivity contribution in [2.45, 2.75) is 32.4 Å². The number of hydrogen-bond donors (Lipinski definition) is 1. The molecule has 1 aliphatic heterocycles. The van der Waals surface area contributed by atoms with Crippen LogP contribution < -0.4 is 9.47 Å². The van der Waals surface area contributed by atoms with Crippen LogP contribution in [0, 0.1) is 0 Å². The summed E-state index contributed by atoms with van der Waals surface area (Å²) in [5.74, 6) is 0.0213. The molecule has 6 heteroatoms. The second kappa shape index (κ2) is 8.12. The molecule has 0 saturated carbocycles. The number of hydrogen-bond acceptors (Lipinski definition) is 4. The van der Waals surface area contributed by atoms with Gasteiger partial charge in [-0.05, 0) is 35.7 Å². The number of benzene rings is 2. The Morgan fingerprint density at radius 3 is 2.67 bits per heavy atom. The summed E-state index contributed by atoms with van der Waals surface area (Å²) in [7, 11) is 1.56. The molecule has 0 radical (unpaired) electrons. The van der Waals surface area contributed by atoms with Gasteiger partial charge in [0, 0.05) is 12.1 Å². The predicted molar refractivity (Wildman–Crippen MR) is 100 cm³/mol. The van der Waals surface area contributed by atoms with Gasteiger partial charge < -0.3 is 19.5 Å². The highest BCUT2D eigenvalue weighted by Gasteiger charge is 2.34. The van der Waals surface area contributed by atoms with Crippen molar-refractivity contribution in [3.05, 3.63) is 59.2 Å². The molecule has 27 heavy (non-hydrogen) atoms. The lowest BCUT2D eigenvalue weighted by Gasteiger charge is -2.27. The molecular formula is C21H23NO5. The van der Waals surface area contributed by atoms with Gasteiger partial charge in [0.1, 0.15) is 0 Å². The number of nitrogens with zero attached hydrogens (tertiary/aromatic N) is 1. The third kappa shape index (κ3) is 3.89. The summed E-state index contributed by atoms with van der Waals surface area (Å²) in [6.07, 6.45) is 0.658. The van der Waals surface area contributed by atoms with Crippen LogP contribution in [0.1, 0.15) is 47.3 Å². The molecule has 1 atom stereocenters. The number of carbonyl (C=O) groups is 2. The average Bonchev–Trinajstić information content (AvgIpc) is 3.01. The lowest BCUT2D eigenvalue weighted by atomic mass is 10.0. The Morgan fingerprint density at radius 1 is 1.22 bits per heavy atom. The lowest BCUT2D eigenvalue weighted by Crippen LogP contribution is -2.31. The zero-order chi connectivity index (χ0) is 19.4. The van der Waals surface area contributed by atoms with Gasteiger partial charge in [-0.2, -0.15) is 0 Å². The van der Waals surface area contributed by atoms with Crippen molar-refractivity contribution < 1.29 is 24.2 Å². The minimum atomic E-state index is -0.962. The van der Waals surface area contributed by atoms with Crippen molar-refractivity contribution in [3.8, 4) is 11.5 Å². The Labute approximate surface area is 158 Å². The third-order valence-corrected chi connectivity index (χ3v) is 4.63. The topological polar surface area (TPSA) is 76.1 Å². The highest BCUT2D eigenvalue weighted by atomic mass is 16.5. The maximum atomic E-state index is 12.9. The van der Waals surface area contributed by atoms with E-state index in [0.29, 0.717) is 35.8 Å². The number of aliphatic carboxylic acids is 1. The number of carboxylic acids is 1. The second-order valence-corrected chi connectivity index (χ2v) is 6.46. The van der Waals surface area contributed by atoms with E-state index in [2.05, 4.69) is 0 Å². The van der Waals surface area contributed by atoms with Gasteiger partial charge in [0.05, 0.1) is 26.2 Å². The number of carboxylic acid groups (broad SMARTS) is 1. The van der Waals surface area contributed by atoms with Crippen molar-refractivity contribution in [1.29, 1.82) is 0 Å². The van der Waals surface area contributed by atoms with Gasteiger partial charge in [-0.1, -0.05) is 31.2 Å². The summed E-state index contributed by atoms with van der Waals surface area (Å²) < 4.78 is 11.1. The van der Waals surface area contributed by atoms with Crippen LogP contribution >= 0.6 is 0 Å². The third-order valence-electron chi connectivity index (χ3n) is 4.63. The highest BCUT2D eigenvalue weighted by Crippen LogP contribution is 2.37. The van der Waals surface area contributed by atoms with Crippen LogP contribution in [0.2, 0.25) is 0 Å². The monoisotopic (exact) mass is 369 g/mol. The lowest BCUT2D eigenvalue weighted by molar-refractivity contribution is -0.138. The molecule has 142 valence electrons. The standard InChI is InChI=1S/C21H23NO5/c1-3-10-27-19-11-14(8-9-18(19)26-2)17(12-20(23)24)22-13-15-6-4-5-7-16(15)21(22)25/h4-9,11,17H,3,10,12-13H2,1-2H3,(H,23,24). The maximum absolute atomic E-state index is 12.9. The van der Waals surface area contributed by atoms with Crippen LogP contribution in [0.4, 0.5) is 0 Å². The fourth-order valence-corrected chi connectivity index (χ4v) is 3.33. The molecular weight excluding hydrogens is 346 g/mol. The van der Waals surface area contributed by atoms with E-state index in [-0.39, 0.29) is 12.3 Å². The number of amides is 1. The first-order valence-electron chi connectivity index (χ1n) is 8.96. The van der Waals surface area contributed by atoms with Crippen molar-refractivity contribution >= 4 is 11.9 Å². The Morgan fingerprint density at radius 2 is 2.00 bits per heavy atom. The van der Waals surface area contributed by atoms with Crippen molar-refractivity contribution in [2.24, 2.45) is 0 Å². The fraction of sp³-hybridized carbons (Fsp3) is 0.333. The molecule has 0 spiro atoms. The first-order valence-corrected chi connectivity index (χ1v) is 8.96. The van der Waals surface area contributed by atoms with E-state index in [0.717, 1.165) is 12.0 Å². The van der Waals surface area contributed by atoms with Gasteiger partial charge in [0.2, 0.25) is 0 Å². The zero-order valence-electron chi connectivity index (χ0n) is 15.5. The molecule has 1 N–H and O–H groups in total. The summed E-state index contributed by atoms with van der Waals surface area (Å²) in [6, 6.07) is 12.1. The molecule has 1 amide bonds. The molecule has 0 aliphatic carbocycles. The van der Waals surface area contributed by atoms with Crippen LogP contribution in [0.15, 0.2) is 42.5 Å². The number of methoxy groups -OCH3 is 1. The van der Waals surface area contributed by atoms with Gasteiger partial charge >= 0.3 is 5.97 Å². The SMILES string of the molecule is CCCOc1cc(C(CC(=O)O)N2Cc3ccccc3C2=O)ccc1OC. The van der Waals surface area contributed by atoms with Crippen LogP contribution in [-0.2, 0) is 11.3 Å². The molecule has 0 aromatic heterocycles. The van der Waals surface area contributed by atoms with E-state index in [9.17, 15) is 14.7 Å². The molecule has 1 unspecified atom stereocenters. The molecule has 0 fully saturated rings. The summed E-state index contributed by atoms with van der Waals surface area (Å²) in [5, 5.41) is 9.43. The maximum Gasteiger partial charge on any atom is 0.305 e. The molecule has 0 saturated heterocycles. The van der Waals surface area contributed by atoms with Crippen LogP contribution in [0.25, 0.3) is 0 Å². The molecule has 2 aromatic carbocycles. The van der Waals surface area contributed by atoms with Crippen molar-refractivity contribution in [1.82, 2.24) is 4.90 Å². The Bertz CT molecular complexity index is 848. The largest absolute Gasteiger partial charge is 0.493 e.